The minimum Gasteiger partial charge on any atom is -0.489 e. The summed E-state index contributed by atoms with van der Waals surface area (Å²) < 4.78 is 30.3. The molecule has 1 aliphatic rings. The number of halogens is 1. The highest BCUT2D eigenvalue weighted by molar-refractivity contribution is 5.88. The average Bonchev–Trinajstić information content (AvgIpc) is 2.95. The summed E-state index contributed by atoms with van der Waals surface area (Å²) in [6.07, 6.45) is 3.01. The molecule has 192 valence electrons. The van der Waals surface area contributed by atoms with Crippen LogP contribution in [-0.2, 0) is 11.4 Å². The maximum atomic E-state index is 13.2. The van der Waals surface area contributed by atoms with Gasteiger partial charge in [0.2, 0.25) is 5.88 Å². The van der Waals surface area contributed by atoms with Crippen LogP contribution in [0.3, 0.4) is 0 Å². The van der Waals surface area contributed by atoms with Crippen LogP contribution in [0.5, 0.6) is 17.2 Å². The topological polar surface area (TPSA) is 94.6 Å². The molecule has 0 bridgehead atoms. The first-order valence-corrected chi connectivity index (χ1v) is 12.1. The molecule has 1 atom stereocenters. The van der Waals surface area contributed by atoms with Crippen LogP contribution in [0, 0.1) is 17.1 Å². The summed E-state index contributed by atoms with van der Waals surface area (Å²) in [5, 5.41) is 9.88. The Balaban J connectivity index is 1.37. The molecule has 4 aromatic carbocycles. The number of carbonyl (C=O) groups excluding carboxylic acids is 1. The van der Waals surface area contributed by atoms with E-state index in [-0.39, 0.29) is 29.6 Å². The second-order valence-corrected chi connectivity index (χ2v) is 8.78. The fourth-order valence-electron chi connectivity index (χ4n) is 4.25. The highest BCUT2D eigenvalue weighted by atomic mass is 19.1. The minimum absolute atomic E-state index is 0.0277. The van der Waals surface area contributed by atoms with Crippen LogP contribution < -0.4 is 19.9 Å². The van der Waals surface area contributed by atoms with E-state index in [9.17, 15) is 14.4 Å². The smallest absolute Gasteiger partial charge is 0.336 e. The molecule has 1 unspecified atom stereocenters. The van der Waals surface area contributed by atoms with E-state index in [2.05, 4.69) is 6.07 Å². The third kappa shape index (κ3) is 5.97. The molecular weight excluding hydrogens is 495 g/mol. The Hall–Kier alpha value is -5.35. The van der Waals surface area contributed by atoms with Crippen LogP contribution in [0.25, 0.3) is 6.08 Å². The van der Waals surface area contributed by atoms with Gasteiger partial charge in [0, 0.05) is 17.7 Å². The zero-order valence-electron chi connectivity index (χ0n) is 20.7. The van der Waals surface area contributed by atoms with Gasteiger partial charge in [0.25, 0.3) is 0 Å². The molecule has 0 amide bonds. The third-order valence-electron chi connectivity index (χ3n) is 6.13. The van der Waals surface area contributed by atoms with Gasteiger partial charge < -0.3 is 19.9 Å². The predicted molar refractivity (Wildman–Crippen MR) is 144 cm³/mol. The van der Waals surface area contributed by atoms with Gasteiger partial charge in [0.15, 0.2) is 0 Å². The van der Waals surface area contributed by atoms with E-state index >= 15 is 0 Å². The third-order valence-corrected chi connectivity index (χ3v) is 6.13. The second kappa shape index (κ2) is 11.4. The summed E-state index contributed by atoms with van der Waals surface area (Å²) in [5.74, 6) is -0.161. The fraction of sp³-hybridized carbons (Fsp3) is 0.0625. The van der Waals surface area contributed by atoms with Crippen LogP contribution in [0.4, 0.5) is 4.39 Å². The van der Waals surface area contributed by atoms with Crippen LogP contribution >= 0.6 is 0 Å². The van der Waals surface area contributed by atoms with Crippen molar-refractivity contribution < 1.29 is 23.4 Å². The molecule has 0 radical (unpaired) electrons. The number of fused-ring (bicyclic) bond motifs is 1. The highest BCUT2D eigenvalue weighted by Crippen LogP contribution is 2.44. The lowest BCUT2D eigenvalue weighted by atomic mass is 9.83. The summed E-state index contributed by atoms with van der Waals surface area (Å²) in [6, 6.07) is 30.0. The first kappa shape index (κ1) is 25.3. The molecule has 0 aromatic heterocycles. The van der Waals surface area contributed by atoms with Crippen molar-refractivity contribution in [1.82, 2.24) is 0 Å². The van der Waals surface area contributed by atoms with E-state index in [1.165, 1.54) is 18.2 Å². The highest BCUT2D eigenvalue weighted by Gasteiger charge is 2.31. The molecule has 1 heterocycles. The van der Waals surface area contributed by atoms with Gasteiger partial charge in [-0.2, -0.15) is 5.26 Å². The summed E-state index contributed by atoms with van der Waals surface area (Å²) >= 11 is 0. The van der Waals surface area contributed by atoms with Gasteiger partial charge in [-0.1, -0.05) is 60.7 Å². The average molecular weight is 519 g/mol. The van der Waals surface area contributed by atoms with Crippen molar-refractivity contribution in [2.45, 2.75) is 12.5 Å². The van der Waals surface area contributed by atoms with Gasteiger partial charge in [-0.25, -0.2) is 9.18 Å². The maximum Gasteiger partial charge on any atom is 0.336 e. The molecule has 2 N–H and O–H groups in total. The molecule has 1 aliphatic heterocycles. The van der Waals surface area contributed by atoms with E-state index in [0.29, 0.717) is 17.1 Å². The number of hydrogen-bond acceptors (Lipinski definition) is 6. The monoisotopic (exact) mass is 518 g/mol. The largest absolute Gasteiger partial charge is 0.489 e. The standard InChI is InChI=1S/C32H23FN2O4/c33-24-12-9-22(10-13-24)20-37-25-8-4-7-23(17-25)31-27-15-14-26(18-29(27)39-32(35)28(31)19-34)38-30(36)16-11-21-5-2-1-3-6-21/h1-18,31H,20,35H2/b16-11+. The number of rotatable bonds is 7. The Morgan fingerprint density at radius 2 is 1.77 bits per heavy atom. The molecule has 0 fully saturated rings. The van der Waals surface area contributed by atoms with Gasteiger partial charge in [-0.05, 0) is 53.1 Å². The molecule has 0 saturated carbocycles. The van der Waals surface area contributed by atoms with E-state index < -0.39 is 11.9 Å². The van der Waals surface area contributed by atoms with Crippen LogP contribution in [0.2, 0.25) is 0 Å². The van der Waals surface area contributed by atoms with Gasteiger partial charge in [-0.15, -0.1) is 0 Å². The number of esters is 1. The number of nitrogens with two attached hydrogens (primary N) is 1. The van der Waals surface area contributed by atoms with Crippen molar-refractivity contribution in [3.8, 4) is 23.3 Å². The molecule has 4 aromatic rings. The molecule has 5 rings (SSSR count). The lowest BCUT2D eigenvalue weighted by Crippen LogP contribution is -2.21. The zero-order valence-corrected chi connectivity index (χ0v) is 20.7. The fourth-order valence-corrected chi connectivity index (χ4v) is 4.25. The van der Waals surface area contributed by atoms with Crippen LogP contribution in [-0.4, -0.2) is 5.97 Å². The Bertz CT molecular complexity index is 1610. The number of nitriles is 1. The Morgan fingerprint density at radius 1 is 0.974 bits per heavy atom. The van der Waals surface area contributed by atoms with E-state index in [0.717, 1.165) is 16.7 Å². The van der Waals surface area contributed by atoms with Crippen LogP contribution in [0.15, 0.2) is 115 Å². The molecular formula is C32H23FN2O4. The van der Waals surface area contributed by atoms with E-state index in [1.807, 2.05) is 48.5 Å². The number of ether oxygens (including phenoxy) is 3. The number of allylic oxidation sites excluding steroid dienone is 1. The normalized spacial score (nSPS) is 14.3. The first-order chi connectivity index (χ1) is 19.0. The number of nitrogens with zero attached hydrogens (tertiary/aromatic N) is 1. The lowest BCUT2D eigenvalue weighted by Gasteiger charge is -2.27. The van der Waals surface area contributed by atoms with Gasteiger partial charge >= 0.3 is 5.97 Å². The molecule has 39 heavy (non-hydrogen) atoms. The van der Waals surface area contributed by atoms with E-state index in [1.54, 1.807) is 42.5 Å². The quantitative estimate of drug-likeness (QED) is 0.177. The number of hydrogen-bond donors (Lipinski definition) is 1. The van der Waals surface area contributed by atoms with Crippen molar-refractivity contribution in [2.24, 2.45) is 5.73 Å². The Kier molecular flexibility index (Phi) is 7.37. The summed E-state index contributed by atoms with van der Waals surface area (Å²) in [4.78, 5) is 12.4. The number of carbonyl (C=O) groups is 1. The lowest BCUT2D eigenvalue weighted by molar-refractivity contribution is -0.128. The first-order valence-electron chi connectivity index (χ1n) is 12.1. The second-order valence-electron chi connectivity index (χ2n) is 8.78. The summed E-state index contributed by atoms with van der Waals surface area (Å²) in [7, 11) is 0. The molecule has 7 heteroatoms. The summed E-state index contributed by atoms with van der Waals surface area (Å²) in [6.45, 7) is 0.255. The van der Waals surface area contributed by atoms with Crippen LogP contribution in [0.1, 0.15) is 28.2 Å². The van der Waals surface area contributed by atoms with Gasteiger partial charge in [0.1, 0.15) is 41.3 Å². The van der Waals surface area contributed by atoms with Crippen molar-refractivity contribution >= 4 is 12.0 Å². The zero-order chi connectivity index (χ0) is 27.2. The minimum atomic E-state index is -0.543. The van der Waals surface area contributed by atoms with Gasteiger partial charge in [-0.3, -0.25) is 0 Å². The Morgan fingerprint density at radius 3 is 2.54 bits per heavy atom. The molecule has 0 aliphatic carbocycles. The van der Waals surface area contributed by atoms with Crippen molar-refractivity contribution in [3.05, 3.63) is 143 Å². The predicted octanol–water partition coefficient (Wildman–Crippen LogP) is 6.24. The number of benzene rings is 4. The van der Waals surface area contributed by atoms with Crippen molar-refractivity contribution in [3.63, 3.8) is 0 Å². The molecule has 0 saturated heterocycles. The van der Waals surface area contributed by atoms with E-state index in [4.69, 9.17) is 19.9 Å². The van der Waals surface area contributed by atoms with Gasteiger partial charge in [0.05, 0.1) is 5.92 Å². The maximum absolute atomic E-state index is 13.2. The SMILES string of the molecule is N#CC1=C(N)Oc2cc(OC(=O)/C=C/c3ccccc3)ccc2C1c1cccc(OCc2ccc(F)cc2)c1. The molecule has 6 nitrogen and oxygen atoms in total. The Labute approximate surface area is 225 Å². The molecule has 0 spiro atoms. The van der Waals surface area contributed by atoms with Crippen molar-refractivity contribution in [1.29, 1.82) is 5.26 Å². The van der Waals surface area contributed by atoms with Crippen molar-refractivity contribution in [2.75, 3.05) is 0 Å². The summed E-state index contributed by atoms with van der Waals surface area (Å²) in [5.41, 5.74) is 9.55.